The number of alkyl halides is 3. The van der Waals surface area contributed by atoms with Gasteiger partial charge >= 0.3 is 12.1 Å². The molecule has 0 rings (SSSR count). The summed E-state index contributed by atoms with van der Waals surface area (Å²) in [6.45, 7) is 1.85. The van der Waals surface area contributed by atoms with Crippen LogP contribution in [0, 0.1) is 0 Å². The maximum absolute atomic E-state index is 11.7. The molecule has 11 heavy (non-hydrogen) atoms. The van der Waals surface area contributed by atoms with Crippen molar-refractivity contribution in [3.63, 3.8) is 0 Å². The minimum Gasteiger partial charge on any atom is -0.342 e. The maximum atomic E-state index is 11.7. The van der Waals surface area contributed by atoms with Crippen molar-refractivity contribution in [1.82, 2.24) is 5.32 Å². The van der Waals surface area contributed by atoms with Gasteiger partial charge in [0.2, 0.25) is 0 Å². The van der Waals surface area contributed by atoms with Crippen LogP contribution in [-0.2, 0) is 4.79 Å². The second-order valence-electron chi connectivity index (χ2n) is 1.70. The number of carbonyl (C=O) groups excluding carboxylic acids is 1. The third-order valence-electron chi connectivity index (χ3n) is 0.698. The molecule has 0 aliphatic heterocycles. The lowest BCUT2D eigenvalue weighted by atomic mass is 10.5. The van der Waals surface area contributed by atoms with Crippen molar-refractivity contribution in [2.45, 2.75) is 6.18 Å². The molecule has 64 valence electrons. The summed E-state index contributed by atoms with van der Waals surface area (Å²) in [5.41, 5.74) is 0. The van der Waals surface area contributed by atoms with Crippen molar-refractivity contribution >= 4 is 5.91 Å². The van der Waals surface area contributed by atoms with Crippen LogP contribution < -0.4 is 5.32 Å². The highest BCUT2D eigenvalue weighted by Crippen LogP contribution is 2.13. The zero-order valence-electron chi connectivity index (χ0n) is 5.33. The molecular formula is C5H5F4NO. The maximum Gasteiger partial charge on any atom is 0.471 e. The van der Waals surface area contributed by atoms with Crippen LogP contribution in [0.3, 0.4) is 0 Å². The summed E-state index contributed by atoms with van der Waals surface area (Å²) < 4.78 is 45.7. The topological polar surface area (TPSA) is 29.1 Å². The van der Waals surface area contributed by atoms with E-state index >= 15 is 0 Å². The average Bonchev–Trinajstić information content (AvgIpc) is 1.80. The first-order chi connectivity index (χ1) is 4.84. The fraction of sp³-hybridized carbons (Fsp3) is 0.400. The highest BCUT2D eigenvalue weighted by molar-refractivity contribution is 5.81. The molecule has 0 fully saturated rings. The van der Waals surface area contributed by atoms with Gasteiger partial charge in [0.05, 0.1) is 6.54 Å². The van der Waals surface area contributed by atoms with Crippen molar-refractivity contribution in [1.29, 1.82) is 0 Å². The summed E-state index contributed by atoms with van der Waals surface area (Å²) in [4.78, 5) is 9.93. The van der Waals surface area contributed by atoms with E-state index in [-0.39, 0.29) is 0 Å². The Hall–Kier alpha value is -1.07. The summed E-state index contributed by atoms with van der Waals surface area (Å²) in [7, 11) is 0. The highest BCUT2D eigenvalue weighted by atomic mass is 19.4. The number of amides is 1. The molecule has 0 bridgehead atoms. The summed E-state index contributed by atoms with van der Waals surface area (Å²) in [6, 6.07) is 0. The predicted molar refractivity (Wildman–Crippen MR) is 29.3 cm³/mol. The molecule has 0 atom stereocenters. The van der Waals surface area contributed by atoms with E-state index in [0.717, 1.165) is 0 Å². The molecule has 0 aromatic carbocycles. The Morgan fingerprint density at radius 1 is 1.45 bits per heavy atom. The molecule has 0 unspecified atom stereocenters. The summed E-state index contributed by atoms with van der Waals surface area (Å²) in [5, 5.41) is 1.28. The molecule has 1 amide bonds. The lowest BCUT2D eigenvalue weighted by Crippen LogP contribution is -2.37. The van der Waals surface area contributed by atoms with Crippen molar-refractivity contribution < 1.29 is 22.4 Å². The van der Waals surface area contributed by atoms with Gasteiger partial charge in [-0.25, -0.2) is 4.39 Å². The SMILES string of the molecule is C=C(F)CNC(=O)C(F)(F)F. The number of hydrogen-bond donors (Lipinski definition) is 1. The molecule has 0 aliphatic carbocycles. The van der Waals surface area contributed by atoms with Crippen molar-refractivity contribution in [2.75, 3.05) is 6.54 Å². The normalized spacial score (nSPS) is 10.9. The number of carbonyl (C=O) groups is 1. The van der Waals surface area contributed by atoms with Gasteiger partial charge in [-0.05, 0) is 0 Å². The molecule has 2 nitrogen and oxygen atoms in total. The molecule has 0 radical (unpaired) electrons. The Morgan fingerprint density at radius 3 is 2.18 bits per heavy atom. The molecule has 0 saturated heterocycles. The third-order valence-corrected chi connectivity index (χ3v) is 0.698. The first-order valence-corrected chi connectivity index (χ1v) is 2.52. The van der Waals surface area contributed by atoms with E-state index in [4.69, 9.17) is 0 Å². The van der Waals surface area contributed by atoms with E-state index in [9.17, 15) is 22.4 Å². The first-order valence-electron chi connectivity index (χ1n) is 2.52. The Bertz CT molecular complexity index is 174. The van der Waals surface area contributed by atoms with E-state index in [2.05, 4.69) is 6.58 Å². The van der Waals surface area contributed by atoms with E-state index in [1.165, 1.54) is 5.32 Å². The molecule has 1 N–H and O–H groups in total. The van der Waals surface area contributed by atoms with Gasteiger partial charge in [0.1, 0.15) is 5.83 Å². The monoisotopic (exact) mass is 171 g/mol. The molecule has 0 spiro atoms. The van der Waals surface area contributed by atoms with Crippen LogP contribution in [0.5, 0.6) is 0 Å². The summed E-state index contributed by atoms with van der Waals surface area (Å²) in [6.07, 6.45) is -4.96. The lowest BCUT2D eigenvalue weighted by molar-refractivity contribution is -0.173. The van der Waals surface area contributed by atoms with Crippen LogP contribution in [0.2, 0.25) is 0 Å². The van der Waals surface area contributed by atoms with Gasteiger partial charge in [-0.1, -0.05) is 6.58 Å². The van der Waals surface area contributed by atoms with Crippen LogP contribution in [0.4, 0.5) is 17.6 Å². The van der Waals surface area contributed by atoms with Crippen molar-refractivity contribution in [3.8, 4) is 0 Å². The molecule has 0 aromatic heterocycles. The molecule has 0 aliphatic rings. The van der Waals surface area contributed by atoms with Crippen molar-refractivity contribution in [3.05, 3.63) is 12.4 Å². The second-order valence-corrected chi connectivity index (χ2v) is 1.70. The number of nitrogens with one attached hydrogen (secondary N) is 1. The molecule has 0 saturated carbocycles. The highest BCUT2D eigenvalue weighted by Gasteiger charge is 2.38. The summed E-state index contributed by atoms with van der Waals surface area (Å²) >= 11 is 0. The third kappa shape index (κ3) is 4.35. The molecular weight excluding hydrogens is 166 g/mol. The van der Waals surface area contributed by atoms with Gasteiger partial charge in [-0.3, -0.25) is 4.79 Å². The second kappa shape index (κ2) is 3.36. The Kier molecular flexibility index (Phi) is 3.03. The quantitative estimate of drug-likeness (QED) is 0.620. The molecule has 0 heterocycles. The van der Waals surface area contributed by atoms with Crippen LogP contribution >= 0.6 is 0 Å². The summed E-state index contributed by atoms with van der Waals surface area (Å²) in [5.74, 6) is -3.20. The van der Waals surface area contributed by atoms with Gasteiger partial charge < -0.3 is 5.32 Å². The lowest BCUT2D eigenvalue weighted by Gasteiger charge is -2.05. The molecule has 6 heteroatoms. The van der Waals surface area contributed by atoms with Gasteiger partial charge in [0.15, 0.2) is 0 Å². The van der Waals surface area contributed by atoms with E-state index < -0.39 is 24.5 Å². The van der Waals surface area contributed by atoms with Gasteiger partial charge in [0, 0.05) is 0 Å². The number of halogens is 4. The zero-order chi connectivity index (χ0) is 9.07. The van der Waals surface area contributed by atoms with E-state index in [1.54, 1.807) is 0 Å². The number of hydrogen-bond acceptors (Lipinski definition) is 1. The fourth-order valence-corrected chi connectivity index (χ4v) is 0.276. The Balaban J connectivity index is 3.80. The molecule has 0 aromatic rings. The Morgan fingerprint density at radius 2 is 1.91 bits per heavy atom. The van der Waals surface area contributed by atoms with Gasteiger partial charge in [0.25, 0.3) is 0 Å². The van der Waals surface area contributed by atoms with Crippen molar-refractivity contribution in [2.24, 2.45) is 0 Å². The predicted octanol–water partition coefficient (Wildman–Crippen LogP) is 1.15. The standard InChI is InChI=1S/C5H5F4NO/c1-3(6)2-10-4(11)5(7,8)9/h1-2H2,(H,10,11). The Labute approximate surface area is 59.9 Å². The smallest absolute Gasteiger partial charge is 0.342 e. The zero-order valence-corrected chi connectivity index (χ0v) is 5.33. The van der Waals surface area contributed by atoms with Crippen LogP contribution in [0.25, 0.3) is 0 Å². The van der Waals surface area contributed by atoms with Crippen LogP contribution in [0.1, 0.15) is 0 Å². The largest absolute Gasteiger partial charge is 0.471 e. The van der Waals surface area contributed by atoms with Crippen LogP contribution in [0.15, 0.2) is 12.4 Å². The first kappa shape index (κ1) is 9.93. The van der Waals surface area contributed by atoms with Crippen LogP contribution in [-0.4, -0.2) is 18.6 Å². The average molecular weight is 171 g/mol. The van der Waals surface area contributed by atoms with E-state index in [0.29, 0.717) is 0 Å². The van der Waals surface area contributed by atoms with E-state index in [1.807, 2.05) is 0 Å². The van der Waals surface area contributed by atoms with Gasteiger partial charge in [-0.2, -0.15) is 13.2 Å². The fourth-order valence-electron chi connectivity index (χ4n) is 0.276. The minimum absolute atomic E-state index is 0.807. The number of rotatable bonds is 2. The minimum atomic E-state index is -4.96. The van der Waals surface area contributed by atoms with Gasteiger partial charge in [-0.15, -0.1) is 0 Å².